The third-order valence-corrected chi connectivity index (χ3v) is 11.8. The van der Waals surface area contributed by atoms with Crippen molar-refractivity contribution >= 4 is 64.2 Å². The van der Waals surface area contributed by atoms with Crippen molar-refractivity contribution in [2.45, 2.75) is 28.5 Å². The lowest BCUT2D eigenvalue weighted by molar-refractivity contribution is -0.125. The van der Waals surface area contributed by atoms with Crippen molar-refractivity contribution in [1.29, 1.82) is 0 Å². The molecule has 0 spiro atoms. The number of rotatable bonds is 6. The third-order valence-electron chi connectivity index (χ3n) is 10.4. The molecule has 4 aliphatic rings. The molecule has 3 aromatic carbocycles. The van der Waals surface area contributed by atoms with E-state index in [1.165, 1.54) is 37.5 Å². The highest BCUT2D eigenvalue weighted by Crippen LogP contribution is 2.67. The number of fused-ring (bicyclic) bond motifs is 4. The van der Waals surface area contributed by atoms with Gasteiger partial charge in [0.25, 0.3) is 11.8 Å². The molecule has 2 N–H and O–H groups in total. The van der Waals surface area contributed by atoms with Gasteiger partial charge in [-0.3, -0.25) is 24.1 Å². The van der Waals surface area contributed by atoms with E-state index in [1.54, 1.807) is 0 Å². The SMILES string of the molecule is COc1cc(O)c(C2C3=CCC4C(=O)N(c5cccc(C(=O)O)c5)C(=O)C4C3CC3(Cl)C(=O)N(c4c(F)c(F)c(F)c(F)c4F)C(=O)C23Cl)c(OC)c1. The van der Waals surface area contributed by atoms with E-state index >= 15 is 8.78 Å². The normalized spacial score (nSPS) is 27.8. The molecule has 7 rings (SSSR count). The van der Waals surface area contributed by atoms with E-state index in [0.717, 1.165) is 24.1 Å². The molecule has 3 aromatic rings. The monoisotopic (exact) mass is 780 g/mol. The molecule has 11 nitrogen and oxygen atoms in total. The zero-order chi connectivity index (χ0) is 38.6. The second kappa shape index (κ2) is 12.2. The lowest BCUT2D eigenvalue weighted by atomic mass is 9.56. The summed E-state index contributed by atoms with van der Waals surface area (Å²) in [5.74, 6) is -25.5. The number of aromatic hydroxyl groups is 1. The van der Waals surface area contributed by atoms with Crippen LogP contribution in [-0.2, 0) is 19.2 Å². The van der Waals surface area contributed by atoms with Gasteiger partial charge in [-0.1, -0.05) is 17.7 Å². The molecule has 3 fully saturated rings. The number of phenols is 1. The number of carboxylic acids is 1. The van der Waals surface area contributed by atoms with Gasteiger partial charge in [-0.25, -0.2) is 31.6 Å². The zero-order valence-corrected chi connectivity index (χ0v) is 28.6. The summed E-state index contributed by atoms with van der Waals surface area (Å²) < 4.78 is 84.4. The first-order chi connectivity index (χ1) is 25.0. The lowest BCUT2D eigenvalue weighted by Gasteiger charge is -2.50. The van der Waals surface area contributed by atoms with Crippen molar-refractivity contribution < 1.29 is 65.6 Å². The molecule has 2 aliphatic heterocycles. The Hall–Kier alpha value is -5.22. The number of allylic oxidation sites excluding steroid dienone is 2. The number of amides is 4. The fraction of sp³-hybridized carbons (Fsp3) is 0.286. The molecule has 53 heavy (non-hydrogen) atoms. The number of methoxy groups -OCH3 is 2. The predicted octanol–water partition coefficient (Wildman–Crippen LogP) is 5.57. The molecule has 0 radical (unpaired) electrons. The Bertz CT molecular complexity index is 2230. The number of imide groups is 2. The Labute approximate surface area is 305 Å². The minimum atomic E-state index is -2.92. The van der Waals surface area contributed by atoms with E-state index in [1.807, 2.05) is 0 Å². The van der Waals surface area contributed by atoms with Gasteiger partial charge in [0.05, 0.1) is 37.3 Å². The standard InChI is InChI=1S/C35H23Cl2F5N2O9/c1-52-14-9-18(45)21(19(10-14)53-2)22-15-6-7-16-20(30(47)43(29(16)46)13-5-3-4-12(8-13)31(48)49)17(15)11-34(36)32(50)44(33(51)35(22,34)37)28-26(41)24(39)23(38)25(40)27(28)42/h3-6,8-10,16-17,20,22,45H,7,11H2,1-2H3,(H,48,49). The number of phenolic OH excluding ortho intramolecular Hbond substituents is 1. The van der Waals surface area contributed by atoms with Gasteiger partial charge in [-0.05, 0) is 37.0 Å². The molecule has 276 valence electrons. The van der Waals surface area contributed by atoms with E-state index in [4.69, 9.17) is 32.7 Å². The van der Waals surface area contributed by atoms with Crippen molar-refractivity contribution in [3.63, 3.8) is 0 Å². The second-order valence-corrected chi connectivity index (χ2v) is 14.1. The summed E-state index contributed by atoms with van der Waals surface area (Å²) in [4.78, 5) is 63.4. The van der Waals surface area contributed by atoms with Gasteiger partial charge < -0.3 is 19.7 Å². The van der Waals surface area contributed by atoms with Crippen LogP contribution in [0.25, 0.3) is 0 Å². The van der Waals surface area contributed by atoms with Crippen molar-refractivity contribution in [1.82, 2.24) is 0 Å². The highest BCUT2D eigenvalue weighted by atomic mass is 35.5. The molecular formula is C35H23Cl2F5N2O9. The summed E-state index contributed by atoms with van der Waals surface area (Å²) in [6, 6.07) is 7.31. The maximum absolute atomic E-state index is 15.3. The maximum atomic E-state index is 15.3. The Kier molecular flexibility index (Phi) is 8.30. The van der Waals surface area contributed by atoms with E-state index < -0.39 is 110 Å². The molecule has 18 heteroatoms. The van der Waals surface area contributed by atoms with Gasteiger partial charge >= 0.3 is 5.97 Å². The van der Waals surface area contributed by atoms with Crippen LogP contribution in [0, 0.1) is 46.8 Å². The number of hydrogen-bond acceptors (Lipinski definition) is 8. The molecule has 0 aromatic heterocycles. The highest BCUT2D eigenvalue weighted by molar-refractivity contribution is 6.58. The Morgan fingerprint density at radius 2 is 1.49 bits per heavy atom. The molecule has 2 heterocycles. The molecule has 0 bridgehead atoms. The van der Waals surface area contributed by atoms with Crippen LogP contribution in [-0.4, -0.2) is 63.8 Å². The van der Waals surface area contributed by atoms with Crippen molar-refractivity contribution in [3.8, 4) is 17.2 Å². The summed E-state index contributed by atoms with van der Waals surface area (Å²) >= 11 is 14.3. The zero-order valence-electron chi connectivity index (χ0n) is 27.1. The number of ether oxygens (including phenoxy) is 2. The lowest BCUT2D eigenvalue weighted by Crippen LogP contribution is -2.60. The summed E-state index contributed by atoms with van der Waals surface area (Å²) in [5.41, 5.74) is -2.56. The Balaban J connectivity index is 1.46. The number of alkyl halides is 2. The van der Waals surface area contributed by atoms with Crippen LogP contribution in [0.2, 0.25) is 0 Å². The first-order valence-corrected chi connectivity index (χ1v) is 16.4. The Morgan fingerprint density at radius 1 is 0.849 bits per heavy atom. The molecule has 6 unspecified atom stereocenters. The first-order valence-electron chi connectivity index (χ1n) is 15.6. The number of halogens is 7. The van der Waals surface area contributed by atoms with Crippen molar-refractivity contribution in [2.24, 2.45) is 17.8 Å². The van der Waals surface area contributed by atoms with Crippen LogP contribution < -0.4 is 19.3 Å². The van der Waals surface area contributed by atoms with Crippen LogP contribution in [0.1, 0.15) is 34.7 Å². The third kappa shape index (κ3) is 4.67. The van der Waals surface area contributed by atoms with Gasteiger partial charge in [-0.15, -0.1) is 23.2 Å². The van der Waals surface area contributed by atoms with Gasteiger partial charge in [0.15, 0.2) is 33.0 Å². The summed E-state index contributed by atoms with van der Waals surface area (Å²) in [6.07, 6.45) is 0.443. The molecule has 2 saturated heterocycles. The number of aromatic carboxylic acids is 1. The van der Waals surface area contributed by atoms with E-state index in [2.05, 4.69) is 0 Å². The molecular weight excluding hydrogens is 758 g/mol. The molecule has 4 amide bonds. The van der Waals surface area contributed by atoms with Crippen LogP contribution in [0.5, 0.6) is 17.2 Å². The van der Waals surface area contributed by atoms with Crippen molar-refractivity contribution in [2.75, 3.05) is 24.0 Å². The fourth-order valence-electron chi connectivity index (χ4n) is 8.08. The highest BCUT2D eigenvalue weighted by Gasteiger charge is 2.77. The topological polar surface area (TPSA) is 151 Å². The van der Waals surface area contributed by atoms with E-state index in [-0.39, 0.29) is 45.2 Å². The number of hydrogen-bond donors (Lipinski definition) is 2. The van der Waals surface area contributed by atoms with Crippen LogP contribution >= 0.6 is 23.2 Å². The average molecular weight is 781 g/mol. The first kappa shape index (κ1) is 36.2. The van der Waals surface area contributed by atoms with Gasteiger partial charge in [0, 0.05) is 23.6 Å². The van der Waals surface area contributed by atoms with Crippen LogP contribution in [0.4, 0.5) is 33.3 Å². The van der Waals surface area contributed by atoms with Crippen LogP contribution in [0.3, 0.4) is 0 Å². The summed E-state index contributed by atoms with van der Waals surface area (Å²) in [6.45, 7) is 0. The van der Waals surface area contributed by atoms with Crippen LogP contribution in [0.15, 0.2) is 48.0 Å². The number of carbonyl (C=O) groups excluding carboxylic acids is 4. The number of nitrogens with zero attached hydrogens (tertiary/aromatic N) is 2. The van der Waals surface area contributed by atoms with E-state index in [9.17, 15) is 47.4 Å². The summed E-state index contributed by atoms with van der Waals surface area (Å²) in [7, 11) is 2.41. The van der Waals surface area contributed by atoms with Crippen molar-refractivity contribution in [3.05, 3.63) is 88.3 Å². The Morgan fingerprint density at radius 3 is 2.09 bits per heavy atom. The second-order valence-electron chi connectivity index (χ2n) is 12.8. The molecule has 1 saturated carbocycles. The number of carbonyl (C=O) groups is 5. The van der Waals surface area contributed by atoms with Gasteiger partial charge in [0.1, 0.15) is 22.9 Å². The van der Waals surface area contributed by atoms with Gasteiger partial charge in [0.2, 0.25) is 17.6 Å². The number of carboxylic acid groups (broad SMARTS) is 1. The minimum absolute atomic E-state index is 0.0292. The largest absolute Gasteiger partial charge is 0.507 e. The predicted molar refractivity (Wildman–Crippen MR) is 174 cm³/mol. The molecule has 2 aliphatic carbocycles. The molecule has 6 atom stereocenters. The fourth-order valence-corrected chi connectivity index (χ4v) is 9.00. The number of benzene rings is 3. The number of anilines is 2. The quantitative estimate of drug-likeness (QED) is 0.0818. The van der Waals surface area contributed by atoms with E-state index in [0.29, 0.717) is 0 Å². The summed E-state index contributed by atoms with van der Waals surface area (Å²) in [5, 5.41) is 20.9. The van der Waals surface area contributed by atoms with Gasteiger partial charge in [-0.2, -0.15) is 0 Å². The maximum Gasteiger partial charge on any atom is 0.335 e. The minimum Gasteiger partial charge on any atom is -0.507 e. The average Bonchev–Trinajstić information content (AvgIpc) is 3.47. The smallest absolute Gasteiger partial charge is 0.335 e.